The first-order chi connectivity index (χ1) is 11.1. The second-order valence-electron chi connectivity index (χ2n) is 5.34. The molecule has 122 valence electrons. The van der Waals surface area contributed by atoms with Gasteiger partial charge in [-0.3, -0.25) is 4.79 Å². The van der Waals surface area contributed by atoms with Crippen molar-refractivity contribution < 1.29 is 18.3 Å². The Labute approximate surface area is 136 Å². The molecule has 2 heterocycles. The van der Waals surface area contributed by atoms with E-state index in [0.717, 1.165) is 17.8 Å². The molecule has 0 radical (unpaired) electrons. The van der Waals surface area contributed by atoms with Crippen LogP contribution in [0.3, 0.4) is 0 Å². The van der Waals surface area contributed by atoms with E-state index in [1.54, 1.807) is 34.6 Å². The first kappa shape index (κ1) is 15.9. The highest BCUT2D eigenvalue weighted by Crippen LogP contribution is 2.30. The van der Waals surface area contributed by atoms with Gasteiger partial charge in [0, 0.05) is 36.1 Å². The number of alkyl halides is 2. The fraction of sp³-hybridized carbons (Fsp3) is 0.375. The predicted molar refractivity (Wildman–Crippen MR) is 83.1 cm³/mol. The first-order valence-corrected chi connectivity index (χ1v) is 8.25. The smallest absolute Gasteiger partial charge is 0.387 e. The van der Waals surface area contributed by atoms with Crippen LogP contribution in [-0.4, -0.2) is 35.5 Å². The van der Waals surface area contributed by atoms with E-state index >= 15 is 0 Å². The normalized spacial score (nSPS) is 15.9. The number of amides is 1. The Kier molecular flexibility index (Phi) is 4.85. The molecule has 1 aliphatic heterocycles. The monoisotopic (exact) mass is 338 g/mol. The summed E-state index contributed by atoms with van der Waals surface area (Å²) < 4.78 is 28.9. The number of aromatic nitrogens is 1. The fourth-order valence-electron chi connectivity index (χ4n) is 2.75. The van der Waals surface area contributed by atoms with E-state index < -0.39 is 6.61 Å². The van der Waals surface area contributed by atoms with Crippen LogP contribution in [0, 0.1) is 0 Å². The Morgan fingerprint density at radius 1 is 1.35 bits per heavy atom. The largest absolute Gasteiger partial charge is 0.435 e. The molecule has 7 heteroatoms. The van der Waals surface area contributed by atoms with Gasteiger partial charge >= 0.3 is 6.61 Å². The van der Waals surface area contributed by atoms with Gasteiger partial charge in [0.05, 0.1) is 5.01 Å². The number of piperidine rings is 1. The van der Waals surface area contributed by atoms with E-state index in [0.29, 0.717) is 24.6 Å². The SMILES string of the molecule is O=C(c1cccc(OC(F)F)c1)N1CCC(c2nccs2)CC1. The van der Waals surface area contributed by atoms with Gasteiger partial charge in [0.1, 0.15) is 5.75 Å². The number of benzene rings is 1. The number of halogens is 2. The molecule has 1 aromatic heterocycles. The van der Waals surface area contributed by atoms with Crippen molar-refractivity contribution in [2.45, 2.75) is 25.4 Å². The number of nitrogens with zero attached hydrogens (tertiary/aromatic N) is 2. The Hall–Kier alpha value is -2.02. The maximum Gasteiger partial charge on any atom is 0.387 e. The average Bonchev–Trinajstić information content (AvgIpc) is 3.08. The summed E-state index contributed by atoms with van der Waals surface area (Å²) in [6.45, 7) is -1.61. The summed E-state index contributed by atoms with van der Waals surface area (Å²) in [5, 5.41) is 3.07. The summed E-state index contributed by atoms with van der Waals surface area (Å²) >= 11 is 1.64. The molecule has 1 aliphatic rings. The number of ether oxygens (including phenoxy) is 1. The minimum absolute atomic E-state index is 0.00326. The highest BCUT2D eigenvalue weighted by Gasteiger charge is 2.26. The maximum absolute atomic E-state index is 12.5. The molecule has 23 heavy (non-hydrogen) atoms. The van der Waals surface area contributed by atoms with Crippen LogP contribution in [0.15, 0.2) is 35.8 Å². The van der Waals surface area contributed by atoms with Crippen molar-refractivity contribution in [2.24, 2.45) is 0 Å². The second kappa shape index (κ2) is 7.04. The summed E-state index contributed by atoms with van der Waals surface area (Å²) in [6.07, 6.45) is 3.53. The zero-order valence-corrected chi connectivity index (χ0v) is 13.1. The van der Waals surface area contributed by atoms with Crippen LogP contribution in [0.5, 0.6) is 5.75 Å². The van der Waals surface area contributed by atoms with E-state index in [1.165, 1.54) is 12.1 Å². The van der Waals surface area contributed by atoms with Gasteiger partial charge in [-0.2, -0.15) is 8.78 Å². The molecule has 1 amide bonds. The van der Waals surface area contributed by atoms with Gasteiger partial charge in [-0.1, -0.05) is 6.07 Å². The molecule has 3 rings (SSSR count). The first-order valence-electron chi connectivity index (χ1n) is 7.37. The topological polar surface area (TPSA) is 42.4 Å². The highest BCUT2D eigenvalue weighted by molar-refractivity contribution is 7.09. The minimum atomic E-state index is -2.89. The number of carbonyl (C=O) groups excluding carboxylic acids is 1. The van der Waals surface area contributed by atoms with Gasteiger partial charge in [0.15, 0.2) is 0 Å². The molecule has 0 aliphatic carbocycles. The molecule has 4 nitrogen and oxygen atoms in total. The van der Waals surface area contributed by atoms with Crippen LogP contribution in [-0.2, 0) is 0 Å². The van der Waals surface area contributed by atoms with Crippen LogP contribution in [0.1, 0.15) is 34.1 Å². The highest BCUT2D eigenvalue weighted by atomic mass is 32.1. The number of rotatable bonds is 4. The Morgan fingerprint density at radius 2 is 2.13 bits per heavy atom. The maximum atomic E-state index is 12.5. The van der Waals surface area contributed by atoms with Crippen molar-refractivity contribution in [2.75, 3.05) is 13.1 Å². The molecule has 0 atom stereocenters. The van der Waals surface area contributed by atoms with Crippen LogP contribution < -0.4 is 4.74 Å². The zero-order valence-electron chi connectivity index (χ0n) is 12.3. The molecule has 0 N–H and O–H groups in total. The van der Waals surface area contributed by atoms with Crippen LogP contribution >= 0.6 is 11.3 Å². The molecule has 0 spiro atoms. The van der Waals surface area contributed by atoms with Crippen LogP contribution in [0.4, 0.5) is 8.78 Å². The van der Waals surface area contributed by atoms with Crippen molar-refractivity contribution in [1.82, 2.24) is 9.88 Å². The number of hydrogen-bond acceptors (Lipinski definition) is 4. The summed E-state index contributed by atoms with van der Waals surface area (Å²) in [5.41, 5.74) is 0.371. The van der Waals surface area contributed by atoms with Gasteiger partial charge in [0.25, 0.3) is 5.91 Å². The Morgan fingerprint density at radius 3 is 2.78 bits per heavy atom. The summed E-state index contributed by atoms with van der Waals surface area (Å²) in [6, 6.07) is 5.94. The van der Waals surface area contributed by atoms with Crippen molar-refractivity contribution in [3.05, 3.63) is 46.4 Å². The lowest BCUT2D eigenvalue weighted by Crippen LogP contribution is -2.37. The molecular formula is C16H16F2N2O2S. The van der Waals surface area contributed by atoms with E-state index in [2.05, 4.69) is 9.72 Å². The third kappa shape index (κ3) is 3.85. The molecule has 1 saturated heterocycles. The van der Waals surface area contributed by atoms with Crippen molar-refractivity contribution in [3.8, 4) is 5.75 Å². The van der Waals surface area contributed by atoms with Crippen molar-refractivity contribution in [3.63, 3.8) is 0 Å². The lowest BCUT2D eigenvalue weighted by atomic mass is 9.97. The second-order valence-corrected chi connectivity index (χ2v) is 6.27. The van der Waals surface area contributed by atoms with Crippen molar-refractivity contribution >= 4 is 17.2 Å². The minimum Gasteiger partial charge on any atom is -0.435 e. The molecule has 0 saturated carbocycles. The van der Waals surface area contributed by atoms with Gasteiger partial charge in [0.2, 0.25) is 0 Å². The summed E-state index contributed by atoms with van der Waals surface area (Å²) in [4.78, 5) is 18.6. The Balaban J connectivity index is 1.63. The lowest BCUT2D eigenvalue weighted by Gasteiger charge is -2.31. The summed E-state index contributed by atoms with van der Waals surface area (Å²) in [7, 11) is 0. The third-order valence-electron chi connectivity index (χ3n) is 3.89. The molecule has 1 aromatic carbocycles. The van der Waals surface area contributed by atoms with Crippen molar-refractivity contribution in [1.29, 1.82) is 0 Å². The average molecular weight is 338 g/mol. The van der Waals surface area contributed by atoms with E-state index in [4.69, 9.17) is 0 Å². The van der Waals surface area contributed by atoms with Gasteiger partial charge in [-0.25, -0.2) is 4.98 Å². The zero-order chi connectivity index (χ0) is 16.2. The van der Waals surface area contributed by atoms with E-state index in [9.17, 15) is 13.6 Å². The van der Waals surface area contributed by atoms with Gasteiger partial charge < -0.3 is 9.64 Å². The van der Waals surface area contributed by atoms with Gasteiger partial charge in [-0.15, -0.1) is 11.3 Å². The number of carbonyl (C=O) groups is 1. The molecule has 0 unspecified atom stereocenters. The van der Waals surface area contributed by atoms with Crippen LogP contribution in [0.25, 0.3) is 0 Å². The molecule has 1 fully saturated rings. The number of thiazole rings is 1. The number of likely N-dealkylation sites (tertiary alicyclic amines) is 1. The molecule has 2 aromatic rings. The fourth-order valence-corrected chi connectivity index (χ4v) is 3.56. The predicted octanol–water partition coefficient (Wildman–Crippen LogP) is 3.76. The van der Waals surface area contributed by atoms with E-state index in [1.807, 2.05) is 5.38 Å². The molecule has 0 bridgehead atoms. The lowest BCUT2D eigenvalue weighted by molar-refractivity contribution is -0.0499. The van der Waals surface area contributed by atoms with Gasteiger partial charge in [-0.05, 0) is 31.0 Å². The number of hydrogen-bond donors (Lipinski definition) is 0. The quantitative estimate of drug-likeness (QED) is 0.852. The third-order valence-corrected chi connectivity index (χ3v) is 4.83. The standard InChI is InChI=1S/C16H16F2N2O2S/c17-16(18)22-13-3-1-2-12(10-13)15(21)20-7-4-11(5-8-20)14-19-6-9-23-14/h1-3,6,9-11,16H,4-5,7-8H2. The summed E-state index contributed by atoms with van der Waals surface area (Å²) in [5.74, 6) is 0.248. The molecular weight excluding hydrogens is 322 g/mol. The van der Waals surface area contributed by atoms with Crippen LogP contribution in [0.2, 0.25) is 0 Å². The Bertz CT molecular complexity index is 656. The van der Waals surface area contributed by atoms with E-state index in [-0.39, 0.29) is 11.7 Å².